The molecule has 8 heteroatoms. The summed E-state index contributed by atoms with van der Waals surface area (Å²) in [5, 5.41) is 8.25. The smallest absolute Gasteiger partial charge is 0.241 e. The molecule has 0 aromatic carbocycles. The van der Waals surface area contributed by atoms with Gasteiger partial charge in [-0.3, -0.25) is 4.40 Å². The van der Waals surface area contributed by atoms with Gasteiger partial charge in [-0.1, -0.05) is 25.4 Å². The first-order valence-corrected chi connectivity index (χ1v) is 8.07. The summed E-state index contributed by atoms with van der Waals surface area (Å²) in [6.45, 7) is 5.12. The number of aromatic nitrogens is 6. The van der Waals surface area contributed by atoms with Crippen molar-refractivity contribution in [1.82, 2.24) is 29.0 Å². The largest absolute Gasteiger partial charge is 0.353 e. The minimum absolute atomic E-state index is 0.527. The maximum Gasteiger partial charge on any atom is 0.241 e. The number of fused-ring (bicyclic) bond motifs is 2. The van der Waals surface area contributed by atoms with Crippen molar-refractivity contribution in [3.63, 3.8) is 0 Å². The van der Waals surface area contributed by atoms with Crippen molar-refractivity contribution in [2.24, 2.45) is 5.92 Å². The number of nitrogens with one attached hydrogen (secondary N) is 1. The molecule has 0 aliphatic heterocycles. The third-order valence-electron chi connectivity index (χ3n) is 3.72. The van der Waals surface area contributed by atoms with E-state index in [2.05, 4.69) is 39.2 Å². The molecule has 0 fully saturated rings. The molecule has 4 rings (SSSR count). The lowest BCUT2D eigenvalue weighted by Crippen LogP contribution is -2.11. The van der Waals surface area contributed by atoms with E-state index in [9.17, 15) is 0 Å². The van der Waals surface area contributed by atoms with Crippen LogP contribution < -0.4 is 5.32 Å². The second kappa shape index (κ2) is 5.76. The van der Waals surface area contributed by atoms with Crippen LogP contribution in [0.25, 0.3) is 22.4 Å². The fourth-order valence-electron chi connectivity index (χ4n) is 2.51. The topological polar surface area (TPSA) is 72.4 Å². The molecule has 0 aliphatic carbocycles. The second-order valence-electron chi connectivity index (χ2n) is 6.01. The predicted molar refractivity (Wildman–Crippen MR) is 93.3 cm³/mol. The Labute approximate surface area is 143 Å². The highest BCUT2D eigenvalue weighted by atomic mass is 35.5. The first-order valence-electron chi connectivity index (χ1n) is 7.69. The van der Waals surface area contributed by atoms with Crippen LogP contribution in [-0.4, -0.2) is 35.5 Å². The average Bonchev–Trinajstić information content (AvgIpc) is 3.16. The third kappa shape index (κ3) is 2.56. The van der Waals surface area contributed by atoms with E-state index >= 15 is 0 Å². The van der Waals surface area contributed by atoms with Gasteiger partial charge in [-0.05, 0) is 12.0 Å². The van der Waals surface area contributed by atoms with E-state index in [1.54, 1.807) is 16.8 Å². The Morgan fingerprint density at radius 2 is 2.00 bits per heavy atom. The molecule has 24 heavy (non-hydrogen) atoms. The van der Waals surface area contributed by atoms with Gasteiger partial charge in [0, 0.05) is 36.3 Å². The Kier molecular flexibility index (Phi) is 3.57. The Morgan fingerprint density at radius 1 is 1.17 bits per heavy atom. The van der Waals surface area contributed by atoms with Crippen LogP contribution in [0.1, 0.15) is 13.8 Å². The van der Waals surface area contributed by atoms with E-state index in [1.807, 2.05) is 29.2 Å². The molecule has 1 N–H and O–H groups in total. The Hall–Kier alpha value is -2.67. The van der Waals surface area contributed by atoms with Gasteiger partial charge < -0.3 is 5.32 Å². The van der Waals surface area contributed by atoms with Gasteiger partial charge in [0.1, 0.15) is 5.15 Å². The monoisotopic (exact) mass is 341 g/mol. The molecule has 4 heterocycles. The molecule has 4 aromatic heterocycles. The molecule has 0 atom stereocenters. The molecule has 0 saturated heterocycles. The lowest BCUT2D eigenvalue weighted by atomic mass is 10.1. The zero-order valence-corrected chi connectivity index (χ0v) is 14.1. The van der Waals surface area contributed by atoms with Gasteiger partial charge in [0.25, 0.3) is 0 Å². The van der Waals surface area contributed by atoms with Crippen molar-refractivity contribution in [1.29, 1.82) is 0 Å². The third-order valence-corrected chi connectivity index (χ3v) is 4.00. The molecule has 0 radical (unpaired) electrons. The maximum atomic E-state index is 6.13. The summed E-state index contributed by atoms with van der Waals surface area (Å²) in [5.74, 6) is 1.72. The van der Waals surface area contributed by atoms with E-state index in [-0.39, 0.29) is 0 Å². The molecular weight excluding hydrogens is 326 g/mol. The summed E-state index contributed by atoms with van der Waals surface area (Å²) in [7, 11) is 0. The van der Waals surface area contributed by atoms with Crippen molar-refractivity contribution < 1.29 is 0 Å². The van der Waals surface area contributed by atoms with E-state index in [0.717, 1.165) is 23.2 Å². The molecule has 7 nitrogen and oxygen atoms in total. The number of hydrogen-bond donors (Lipinski definition) is 1. The van der Waals surface area contributed by atoms with Gasteiger partial charge in [-0.2, -0.15) is 0 Å². The molecular formula is C16H16ClN7. The van der Waals surface area contributed by atoms with E-state index in [4.69, 9.17) is 11.6 Å². The Morgan fingerprint density at radius 3 is 2.83 bits per heavy atom. The lowest BCUT2D eigenvalue weighted by molar-refractivity contribution is 0.681. The summed E-state index contributed by atoms with van der Waals surface area (Å²) in [4.78, 5) is 12.9. The van der Waals surface area contributed by atoms with Gasteiger partial charge in [0.05, 0.1) is 17.9 Å². The van der Waals surface area contributed by atoms with Crippen LogP contribution in [-0.2, 0) is 0 Å². The van der Waals surface area contributed by atoms with Crippen LogP contribution in [0.15, 0.2) is 37.1 Å². The van der Waals surface area contributed by atoms with Crippen molar-refractivity contribution in [3.05, 3.63) is 42.2 Å². The summed E-state index contributed by atoms with van der Waals surface area (Å²) in [6, 6.07) is 1.99. The fourth-order valence-corrected chi connectivity index (χ4v) is 2.68. The van der Waals surface area contributed by atoms with Gasteiger partial charge in [0.2, 0.25) is 11.7 Å². The van der Waals surface area contributed by atoms with Crippen LogP contribution in [0.2, 0.25) is 5.15 Å². The minimum Gasteiger partial charge on any atom is -0.353 e. The maximum absolute atomic E-state index is 6.13. The first-order chi connectivity index (χ1) is 11.6. The van der Waals surface area contributed by atoms with E-state index < -0.39 is 0 Å². The van der Waals surface area contributed by atoms with Gasteiger partial charge >= 0.3 is 0 Å². The van der Waals surface area contributed by atoms with E-state index in [1.165, 1.54) is 0 Å². The standard InChI is InChI=1S/C16H16ClN7/c1-10(2)5-18-15-19-7-13-12(3-4-24(13)22-15)11-6-20-16-21-8-14(17)23(16)9-11/h3-4,6-10H,5H2,1-2H3,(H,18,22). The summed E-state index contributed by atoms with van der Waals surface area (Å²) < 4.78 is 3.56. The average molecular weight is 342 g/mol. The second-order valence-corrected chi connectivity index (χ2v) is 6.40. The van der Waals surface area contributed by atoms with Crippen LogP contribution >= 0.6 is 11.6 Å². The number of anilines is 1. The van der Waals surface area contributed by atoms with Crippen molar-refractivity contribution in [3.8, 4) is 11.1 Å². The highest BCUT2D eigenvalue weighted by molar-refractivity contribution is 6.29. The normalized spacial score (nSPS) is 11.7. The van der Waals surface area contributed by atoms with Crippen LogP contribution in [0.3, 0.4) is 0 Å². The van der Waals surface area contributed by atoms with Crippen molar-refractivity contribution in [2.45, 2.75) is 13.8 Å². The van der Waals surface area contributed by atoms with Crippen LogP contribution in [0.5, 0.6) is 0 Å². The van der Waals surface area contributed by atoms with E-state index in [0.29, 0.717) is 22.8 Å². The van der Waals surface area contributed by atoms with Crippen molar-refractivity contribution in [2.75, 3.05) is 11.9 Å². The highest BCUT2D eigenvalue weighted by Crippen LogP contribution is 2.25. The lowest BCUT2D eigenvalue weighted by Gasteiger charge is -2.07. The molecule has 0 unspecified atom stereocenters. The quantitative estimate of drug-likeness (QED) is 0.617. The molecule has 4 aromatic rings. The minimum atomic E-state index is 0.527. The molecule has 0 amide bonds. The first kappa shape index (κ1) is 14.9. The zero-order chi connectivity index (χ0) is 16.7. The molecule has 122 valence electrons. The fraction of sp³-hybridized carbons (Fsp3) is 0.250. The number of imidazole rings is 1. The predicted octanol–water partition coefficient (Wildman–Crippen LogP) is 3.16. The zero-order valence-electron chi connectivity index (χ0n) is 13.3. The Balaban J connectivity index is 1.74. The van der Waals surface area contributed by atoms with Gasteiger partial charge in [-0.25, -0.2) is 19.5 Å². The number of halogens is 1. The molecule has 0 saturated carbocycles. The summed E-state index contributed by atoms with van der Waals surface area (Å²) >= 11 is 6.13. The molecule has 0 spiro atoms. The SMILES string of the molecule is CC(C)CNc1ncc2c(-c3cnc4ncc(Cl)n4c3)ccn2n1. The molecule has 0 bridgehead atoms. The number of hydrogen-bond acceptors (Lipinski definition) is 5. The number of rotatable bonds is 4. The number of nitrogens with zero attached hydrogens (tertiary/aromatic N) is 6. The summed E-state index contributed by atoms with van der Waals surface area (Å²) in [5.41, 5.74) is 2.82. The van der Waals surface area contributed by atoms with Crippen LogP contribution in [0.4, 0.5) is 5.95 Å². The van der Waals surface area contributed by atoms with Gasteiger partial charge in [-0.15, -0.1) is 5.10 Å². The summed E-state index contributed by atoms with van der Waals surface area (Å²) in [6.07, 6.45) is 9.00. The Bertz CT molecular complexity index is 1020. The highest BCUT2D eigenvalue weighted by Gasteiger charge is 2.10. The van der Waals surface area contributed by atoms with Gasteiger partial charge in [0.15, 0.2) is 0 Å². The molecule has 0 aliphatic rings. The van der Waals surface area contributed by atoms with Crippen molar-refractivity contribution >= 4 is 28.8 Å². The van der Waals surface area contributed by atoms with Crippen LogP contribution in [0, 0.1) is 5.92 Å².